The fourth-order valence-corrected chi connectivity index (χ4v) is 7.15. The van der Waals surface area contributed by atoms with E-state index in [0.29, 0.717) is 0 Å². The fraction of sp³-hybridized carbons (Fsp3) is 0.364. The molecule has 6 rings (SSSR count). The van der Waals surface area contributed by atoms with Crippen LogP contribution < -0.4 is 0 Å². The first kappa shape index (κ1) is 39.2. The van der Waals surface area contributed by atoms with Gasteiger partial charge in [-0.15, -0.1) is 40.5 Å². The third-order valence-electron chi connectivity index (χ3n) is 10.6. The minimum atomic E-state index is -0.337. The molecule has 0 aliphatic rings. The smallest absolute Gasteiger partial charge is 0.164 e. The molecule has 6 aromatic rings. The van der Waals surface area contributed by atoms with E-state index in [2.05, 4.69) is 81.4 Å². The third kappa shape index (κ3) is 7.99. The van der Waals surface area contributed by atoms with Crippen molar-refractivity contribution in [3.63, 3.8) is 0 Å². The zero-order valence-corrected chi connectivity index (χ0v) is 34.1. The van der Waals surface area contributed by atoms with Crippen molar-refractivity contribution >= 4 is 48.9 Å². The maximum atomic E-state index is 12.2. The van der Waals surface area contributed by atoms with Crippen molar-refractivity contribution < 1.29 is 34.4 Å². The number of rotatable bonds is 9. The molecule has 0 fully saturated rings. The first-order valence-electron chi connectivity index (χ1n) is 17.5. The molecular formula is C44H50IrNO3S-. The summed E-state index contributed by atoms with van der Waals surface area (Å²) >= 11 is 1.80. The molecule has 3 aromatic heterocycles. The second-order valence-electron chi connectivity index (χ2n) is 14.7. The molecule has 1 radical (unpaired) electrons. The van der Waals surface area contributed by atoms with E-state index >= 15 is 0 Å². The first-order chi connectivity index (χ1) is 23.3. The number of hydrogen-bond donors (Lipinski definition) is 1. The second-order valence-corrected chi connectivity index (χ2v) is 15.8. The van der Waals surface area contributed by atoms with Crippen LogP contribution in [0.25, 0.3) is 53.5 Å². The Morgan fingerprint density at radius 1 is 0.860 bits per heavy atom. The Kier molecular flexibility index (Phi) is 12.4. The van der Waals surface area contributed by atoms with E-state index in [1.54, 1.807) is 17.6 Å². The zero-order valence-electron chi connectivity index (χ0n) is 30.9. The van der Waals surface area contributed by atoms with E-state index in [9.17, 15) is 9.90 Å². The van der Waals surface area contributed by atoms with Crippen LogP contribution in [0.4, 0.5) is 0 Å². The van der Waals surface area contributed by atoms with Crippen LogP contribution in [0, 0.1) is 16.9 Å². The number of allylic oxidation sites excluding steroid dienone is 2. The number of thiophene rings is 1. The standard InChI is InChI=1S/C29H22NOS.C15H28O2.Ir/c1-29(2,3)24-16-21(14-18-6-4-5-7-22(18)24)28-23-17-27(32-26(23)10-12-30-28)20-8-9-25-19(15-20)11-13-31-25;1-7-14(5,8-2)12(16)11-13(17)15(6,9-3)10-4;/h4-13,15-17H,1-3H3;11,16H,7-10H2,1-6H3;/q-1;;/b;12-11-;. The Morgan fingerprint density at radius 2 is 1.54 bits per heavy atom. The molecule has 0 bridgehead atoms. The van der Waals surface area contributed by atoms with E-state index < -0.39 is 0 Å². The van der Waals surface area contributed by atoms with E-state index in [1.807, 2.05) is 59.9 Å². The predicted octanol–water partition coefficient (Wildman–Crippen LogP) is 13.3. The van der Waals surface area contributed by atoms with Gasteiger partial charge >= 0.3 is 0 Å². The molecule has 0 unspecified atom stereocenters. The molecule has 0 saturated carbocycles. The van der Waals surface area contributed by atoms with Crippen LogP contribution in [0.15, 0.2) is 95.4 Å². The van der Waals surface area contributed by atoms with Crippen LogP contribution >= 0.6 is 11.3 Å². The Balaban J connectivity index is 0.000000269. The van der Waals surface area contributed by atoms with Crippen LogP contribution in [0.5, 0.6) is 0 Å². The van der Waals surface area contributed by atoms with Crippen molar-refractivity contribution in [3.05, 3.63) is 103 Å². The molecule has 0 aliphatic heterocycles. The number of aliphatic hydroxyl groups excluding tert-OH is 1. The maximum Gasteiger partial charge on any atom is 0.164 e. The van der Waals surface area contributed by atoms with Gasteiger partial charge in [0.15, 0.2) is 5.78 Å². The van der Waals surface area contributed by atoms with Gasteiger partial charge in [-0.25, -0.2) is 0 Å². The quantitative estimate of drug-likeness (QED) is 0.0893. The van der Waals surface area contributed by atoms with Gasteiger partial charge in [-0.2, -0.15) is 0 Å². The molecule has 3 aromatic carbocycles. The summed E-state index contributed by atoms with van der Waals surface area (Å²) in [4.78, 5) is 18.2. The number of benzene rings is 3. The van der Waals surface area contributed by atoms with Crippen LogP contribution in [0.1, 0.15) is 93.6 Å². The van der Waals surface area contributed by atoms with Gasteiger partial charge in [0.1, 0.15) is 11.3 Å². The molecule has 0 amide bonds. The number of pyridine rings is 1. The Labute approximate surface area is 315 Å². The van der Waals surface area contributed by atoms with Crippen LogP contribution in [-0.4, -0.2) is 15.9 Å². The SMILES string of the molecule is CC(C)(C)c1cc(-c2nccc3sc(-c4ccc5occc5c4)cc23)[c-]c2ccccc12.CCC(C)(CC)C(=O)/C=C(\O)C(C)(CC)CC.[Ir]. The van der Waals surface area contributed by atoms with E-state index in [-0.39, 0.29) is 47.9 Å². The van der Waals surface area contributed by atoms with Crippen molar-refractivity contribution in [2.75, 3.05) is 0 Å². The van der Waals surface area contributed by atoms with Crippen molar-refractivity contribution in [3.8, 4) is 21.7 Å². The normalized spacial score (nSPS) is 12.5. The summed E-state index contributed by atoms with van der Waals surface area (Å²) in [5.41, 5.74) is 4.90. The van der Waals surface area contributed by atoms with E-state index in [0.717, 1.165) is 53.3 Å². The number of fused-ring (bicyclic) bond motifs is 3. The summed E-state index contributed by atoms with van der Waals surface area (Å²) in [5, 5.41) is 14.8. The summed E-state index contributed by atoms with van der Waals surface area (Å²) in [7, 11) is 0. The maximum absolute atomic E-state index is 12.2. The van der Waals surface area contributed by atoms with Crippen LogP contribution in [-0.2, 0) is 30.3 Å². The summed E-state index contributed by atoms with van der Waals surface area (Å²) in [6.45, 7) is 18.9. The summed E-state index contributed by atoms with van der Waals surface area (Å²) < 4.78 is 6.74. The molecule has 4 nitrogen and oxygen atoms in total. The van der Waals surface area contributed by atoms with Crippen molar-refractivity contribution in [1.82, 2.24) is 4.98 Å². The van der Waals surface area contributed by atoms with Crippen LogP contribution in [0.2, 0.25) is 0 Å². The molecular weight excluding hydrogens is 815 g/mol. The second kappa shape index (κ2) is 15.8. The molecule has 6 heteroatoms. The molecule has 0 saturated heterocycles. The average Bonchev–Trinajstić information content (AvgIpc) is 3.77. The van der Waals surface area contributed by atoms with Gasteiger partial charge in [-0.1, -0.05) is 91.5 Å². The topological polar surface area (TPSA) is 63.3 Å². The zero-order chi connectivity index (χ0) is 35.6. The number of carbonyl (C=O) groups excluding carboxylic acids is 1. The molecule has 3 heterocycles. The monoisotopic (exact) mass is 865 g/mol. The van der Waals surface area contributed by atoms with Gasteiger partial charge in [-0.05, 0) is 78.4 Å². The number of ketones is 1. The van der Waals surface area contributed by atoms with Gasteiger partial charge in [0.05, 0.1) is 6.26 Å². The van der Waals surface area contributed by atoms with Crippen molar-refractivity contribution in [1.29, 1.82) is 0 Å². The minimum absolute atomic E-state index is 0. The van der Waals surface area contributed by atoms with Crippen molar-refractivity contribution in [2.45, 2.75) is 93.4 Å². The molecule has 1 N–H and O–H groups in total. The van der Waals surface area contributed by atoms with Gasteiger partial charge in [0, 0.05) is 63.9 Å². The van der Waals surface area contributed by atoms with E-state index in [1.165, 1.54) is 37.6 Å². The number of furan rings is 1. The number of hydrogen-bond acceptors (Lipinski definition) is 5. The third-order valence-corrected chi connectivity index (χ3v) is 11.8. The Morgan fingerprint density at radius 3 is 2.20 bits per heavy atom. The van der Waals surface area contributed by atoms with Crippen molar-refractivity contribution in [2.24, 2.45) is 10.8 Å². The van der Waals surface area contributed by atoms with Crippen LogP contribution in [0.3, 0.4) is 0 Å². The number of carbonyl (C=O) groups is 1. The van der Waals surface area contributed by atoms with E-state index in [4.69, 9.17) is 9.40 Å². The molecule has 265 valence electrons. The summed E-state index contributed by atoms with van der Waals surface area (Å²) in [6, 6.07) is 27.2. The predicted molar refractivity (Wildman–Crippen MR) is 208 cm³/mol. The Hall–Kier alpha value is -3.57. The Bertz CT molecular complexity index is 2120. The first-order valence-corrected chi connectivity index (χ1v) is 18.4. The van der Waals surface area contributed by atoms with Gasteiger partial charge in [-0.3, -0.25) is 9.78 Å². The largest absolute Gasteiger partial charge is 0.512 e. The van der Waals surface area contributed by atoms with Gasteiger partial charge < -0.3 is 9.52 Å². The van der Waals surface area contributed by atoms with Gasteiger partial charge in [0.25, 0.3) is 0 Å². The summed E-state index contributed by atoms with van der Waals surface area (Å²) in [5.74, 6) is 0.286. The molecule has 50 heavy (non-hydrogen) atoms. The number of aromatic nitrogens is 1. The molecule has 0 atom stereocenters. The summed E-state index contributed by atoms with van der Waals surface area (Å²) in [6.07, 6.45) is 8.41. The van der Waals surface area contributed by atoms with Gasteiger partial charge in [0.2, 0.25) is 0 Å². The minimum Gasteiger partial charge on any atom is -0.512 e. The fourth-order valence-electron chi connectivity index (χ4n) is 6.10. The molecule has 0 spiro atoms. The average molecular weight is 865 g/mol. The number of aliphatic hydroxyl groups is 1. The number of nitrogens with zero attached hydrogens (tertiary/aromatic N) is 1. The molecule has 0 aliphatic carbocycles.